The van der Waals surface area contributed by atoms with Gasteiger partial charge < -0.3 is 9.64 Å². The lowest BCUT2D eigenvalue weighted by atomic mass is 9.75. The molecule has 4 aliphatic heterocycles. The maximum Gasteiger partial charge on any atom is 0.248 e. The van der Waals surface area contributed by atoms with Crippen LogP contribution in [0.2, 0.25) is 0 Å². The van der Waals surface area contributed by atoms with Crippen molar-refractivity contribution >= 4 is 5.91 Å². The highest BCUT2D eigenvalue weighted by atomic mass is 19.2. The van der Waals surface area contributed by atoms with Gasteiger partial charge in [0.2, 0.25) is 5.91 Å². The van der Waals surface area contributed by atoms with Crippen LogP contribution in [0.1, 0.15) is 31.2 Å². The fraction of sp³-hybridized carbons (Fsp3) is 0.632. The summed E-state index contributed by atoms with van der Waals surface area (Å²) in [6, 6.07) is 4.54. The van der Waals surface area contributed by atoms with Gasteiger partial charge >= 0.3 is 0 Å². The second kappa shape index (κ2) is 6.65. The largest absolute Gasteiger partial charge is 0.372 e. The Bertz CT molecular complexity index is 661. The first-order chi connectivity index (χ1) is 12.1. The van der Waals surface area contributed by atoms with Gasteiger partial charge in [-0.15, -0.1) is 0 Å². The molecule has 4 fully saturated rings. The van der Waals surface area contributed by atoms with E-state index in [0.29, 0.717) is 24.6 Å². The standard InChI is InChI=1S/C19H24F2N2O2/c1-2-25-11-16(24)23-10-14(13-4-3-5-15(20)17(13)21)19-18(23)12-6-8-22(19)9-7-12/h3-5,12,14,18-19H,2,6-11H2,1H3/t14-,18+,19+/m0/s1. The summed E-state index contributed by atoms with van der Waals surface area (Å²) in [5.74, 6) is -1.36. The lowest BCUT2D eigenvalue weighted by Gasteiger charge is -2.51. The first-order valence-corrected chi connectivity index (χ1v) is 9.17. The second-order valence-corrected chi connectivity index (χ2v) is 7.29. The Labute approximate surface area is 146 Å². The second-order valence-electron chi connectivity index (χ2n) is 7.29. The SMILES string of the molecule is CCOCC(=O)N1C[C@@H](c2cccc(F)c2F)[C@@H]2[C@H]1C1CCN2CC1. The number of likely N-dealkylation sites (tertiary alicyclic amines) is 1. The van der Waals surface area contributed by atoms with Crippen LogP contribution in [0.5, 0.6) is 0 Å². The van der Waals surface area contributed by atoms with Crippen LogP contribution in [0.4, 0.5) is 8.78 Å². The Kier molecular flexibility index (Phi) is 4.50. The molecule has 1 aromatic carbocycles. The molecule has 4 heterocycles. The van der Waals surface area contributed by atoms with Gasteiger partial charge in [-0.3, -0.25) is 9.69 Å². The number of hydrogen-bond donors (Lipinski definition) is 0. The molecule has 4 saturated heterocycles. The van der Waals surface area contributed by atoms with Gasteiger partial charge in [-0.25, -0.2) is 8.78 Å². The zero-order chi connectivity index (χ0) is 17.6. The van der Waals surface area contributed by atoms with Crippen LogP contribution >= 0.6 is 0 Å². The van der Waals surface area contributed by atoms with Crippen LogP contribution in [0.25, 0.3) is 0 Å². The molecule has 0 aromatic heterocycles. The number of carbonyl (C=O) groups is 1. The van der Waals surface area contributed by atoms with E-state index in [0.717, 1.165) is 32.0 Å². The van der Waals surface area contributed by atoms with E-state index >= 15 is 0 Å². The van der Waals surface area contributed by atoms with Crippen LogP contribution in [0, 0.1) is 17.6 Å². The highest BCUT2D eigenvalue weighted by molar-refractivity contribution is 5.78. The lowest BCUT2D eigenvalue weighted by Crippen LogP contribution is -2.61. The van der Waals surface area contributed by atoms with E-state index in [4.69, 9.17) is 4.74 Å². The number of hydrogen-bond acceptors (Lipinski definition) is 3. The fourth-order valence-corrected chi connectivity index (χ4v) is 5.06. The van der Waals surface area contributed by atoms with Crippen molar-refractivity contribution in [3.8, 4) is 0 Å². The molecular formula is C19H24F2N2O2. The maximum atomic E-state index is 14.5. The zero-order valence-electron chi connectivity index (χ0n) is 14.5. The Morgan fingerprint density at radius 1 is 1.24 bits per heavy atom. The summed E-state index contributed by atoms with van der Waals surface area (Å²) in [5.41, 5.74) is 0.397. The summed E-state index contributed by atoms with van der Waals surface area (Å²) in [5, 5.41) is 0. The predicted molar refractivity (Wildman–Crippen MR) is 89.2 cm³/mol. The first-order valence-electron chi connectivity index (χ1n) is 9.17. The quantitative estimate of drug-likeness (QED) is 0.836. The summed E-state index contributed by atoms with van der Waals surface area (Å²) < 4.78 is 33.6. The van der Waals surface area contributed by atoms with Gasteiger partial charge in [-0.2, -0.15) is 0 Å². The molecule has 6 heteroatoms. The highest BCUT2D eigenvalue weighted by Crippen LogP contribution is 2.47. The molecule has 3 atom stereocenters. The third kappa shape index (κ3) is 2.75. The minimum atomic E-state index is -0.816. The van der Waals surface area contributed by atoms with E-state index in [1.165, 1.54) is 0 Å². The molecule has 0 radical (unpaired) electrons. The number of amides is 1. The smallest absolute Gasteiger partial charge is 0.248 e. The molecule has 1 amide bonds. The van der Waals surface area contributed by atoms with Gasteiger partial charge in [-0.1, -0.05) is 12.1 Å². The molecule has 5 rings (SSSR count). The van der Waals surface area contributed by atoms with Crippen molar-refractivity contribution in [2.45, 2.75) is 37.8 Å². The van der Waals surface area contributed by atoms with Gasteiger partial charge in [0.05, 0.1) is 6.04 Å². The van der Waals surface area contributed by atoms with E-state index in [2.05, 4.69) is 4.90 Å². The topological polar surface area (TPSA) is 32.8 Å². The summed E-state index contributed by atoms with van der Waals surface area (Å²) in [6.07, 6.45) is 2.13. The number of halogens is 2. The monoisotopic (exact) mass is 350 g/mol. The number of piperidine rings is 3. The van der Waals surface area contributed by atoms with E-state index in [1.807, 2.05) is 11.8 Å². The van der Waals surface area contributed by atoms with Crippen molar-refractivity contribution in [2.75, 3.05) is 32.8 Å². The zero-order valence-corrected chi connectivity index (χ0v) is 14.5. The van der Waals surface area contributed by atoms with E-state index in [-0.39, 0.29) is 30.5 Å². The Balaban J connectivity index is 1.68. The highest BCUT2D eigenvalue weighted by Gasteiger charge is 2.55. The van der Waals surface area contributed by atoms with E-state index < -0.39 is 11.6 Å². The van der Waals surface area contributed by atoms with Crippen molar-refractivity contribution in [2.24, 2.45) is 5.92 Å². The number of nitrogens with zero attached hydrogens (tertiary/aromatic N) is 2. The molecule has 4 nitrogen and oxygen atoms in total. The van der Waals surface area contributed by atoms with Crippen molar-refractivity contribution in [1.29, 1.82) is 0 Å². The molecule has 136 valence electrons. The first kappa shape index (κ1) is 16.9. The summed E-state index contributed by atoms with van der Waals surface area (Å²) >= 11 is 0. The van der Waals surface area contributed by atoms with Crippen LogP contribution in [-0.2, 0) is 9.53 Å². The van der Waals surface area contributed by atoms with Crippen LogP contribution in [0.15, 0.2) is 18.2 Å². The van der Waals surface area contributed by atoms with E-state index in [9.17, 15) is 13.6 Å². The molecule has 2 bridgehead atoms. The normalized spacial score (nSPS) is 33.6. The Morgan fingerprint density at radius 2 is 2.00 bits per heavy atom. The fourth-order valence-electron chi connectivity index (χ4n) is 5.06. The molecule has 0 unspecified atom stereocenters. The third-order valence-corrected chi connectivity index (χ3v) is 6.13. The average molecular weight is 350 g/mol. The van der Waals surface area contributed by atoms with Gasteiger partial charge in [0.15, 0.2) is 11.6 Å². The molecule has 4 aliphatic rings. The minimum absolute atomic E-state index is 0.0371. The number of benzene rings is 1. The van der Waals surface area contributed by atoms with Gasteiger partial charge in [-0.05, 0) is 50.4 Å². The number of carbonyl (C=O) groups excluding carboxylic acids is 1. The Hall–Kier alpha value is -1.53. The maximum absolute atomic E-state index is 14.5. The third-order valence-electron chi connectivity index (χ3n) is 6.13. The Morgan fingerprint density at radius 3 is 2.72 bits per heavy atom. The van der Waals surface area contributed by atoms with Crippen molar-refractivity contribution < 1.29 is 18.3 Å². The summed E-state index contributed by atoms with van der Waals surface area (Å²) in [7, 11) is 0. The summed E-state index contributed by atoms with van der Waals surface area (Å²) in [6.45, 7) is 4.81. The van der Waals surface area contributed by atoms with Gasteiger partial charge in [0, 0.05) is 25.1 Å². The molecule has 1 aromatic rings. The molecule has 0 spiro atoms. The molecule has 0 N–H and O–H groups in total. The molecular weight excluding hydrogens is 326 g/mol. The van der Waals surface area contributed by atoms with Crippen LogP contribution < -0.4 is 0 Å². The summed E-state index contributed by atoms with van der Waals surface area (Å²) in [4.78, 5) is 16.9. The lowest BCUT2D eigenvalue weighted by molar-refractivity contribution is -0.140. The van der Waals surface area contributed by atoms with Gasteiger partial charge in [0.25, 0.3) is 0 Å². The number of rotatable bonds is 4. The van der Waals surface area contributed by atoms with Crippen molar-refractivity contribution in [3.05, 3.63) is 35.4 Å². The van der Waals surface area contributed by atoms with Crippen LogP contribution in [-0.4, -0.2) is 60.6 Å². The van der Waals surface area contributed by atoms with Crippen molar-refractivity contribution in [3.63, 3.8) is 0 Å². The molecule has 25 heavy (non-hydrogen) atoms. The van der Waals surface area contributed by atoms with Crippen molar-refractivity contribution in [1.82, 2.24) is 9.80 Å². The molecule has 0 aliphatic carbocycles. The van der Waals surface area contributed by atoms with E-state index in [1.54, 1.807) is 12.1 Å². The average Bonchev–Trinajstić information content (AvgIpc) is 3.06. The number of fused-ring (bicyclic) bond motifs is 2. The van der Waals surface area contributed by atoms with Crippen LogP contribution in [0.3, 0.4) is 0 Å². The van der Waals surface area contributed by atoms with Gasteiger partial charge in [0.1, 0.15) is 6.61 Å². The predicted octanol–water partition coefficient (Wildman–Crippen LogP) is 2.39. The number of ether oxygens (including phenoxy) is 1. The molecule has 0 saturated carbocycles. The minimum Gasteiger partial charge on any atom is -0.372 e.